The molecule has 1 aromatic rings. The molecule has 2 rings (SSSR count). The van der Waals surface area contributed by atoms with E-state index in [9.17, 15) is 22.0 Å². The SMILES string of the molecule is CC(=O)C1CCCN(S(=O)(=O)c2ccc(F)cc2F)C1. The summed E-state index contributed by atoms with van der Waals surface area (Å²) in [6.45, 7) is 1.71. The number of Topliss-reactive ketones (excluding diaryl/α,β-unsaturated/α-hetero) is 1. The molecule has 0 N–H and O–H groups in total. The van der Waals surface area contributed by atoms with E-state index in [1.165, 1.54) is 6.92 Å². The van der Waals surface area contributed by atoms with Crippen LogP contribution in [0.1, 0.15) is 19.8 Å². The quantitative estimate of drug-likeness (QED) is 0.857. The third-order valence-electron chi connectivity index (χ3n) is 3.47. The molecule has 0 bridgehead atoms. The summed E-state index contributed by atoms with van der Waals surface area (Å²) in [5.41, 5.74) is 0. The van der Waals surface area contributed by atoms with Crippen molar-refractivity contribution in [3.63, 3.8) is 0 Å². The number of halogens is 2. The zero-order valence-corrected chi connectivity index (χ0v) is 11.8. The Morgan fingerprint density at radius 2 is 2.05 bits per heavy atom. The first-order valence-electron chi connectivity index (χ1n) is 6.28. The van der Waals surface area contributed by atoms with Crippen molar-refractivity contribution in [1.29, 1.82) is 0 Å². The Morgan fingerprint density at radius 3 is 2.65 bits per heavy atom. The predicted molar refractivity (Wildman–Crippen MR) is 68.5 cm³/mol. The summed E-state index contributed by atoms with van der Waals surface area (Å²) in [4.78, 5) is 10.8. The number of carbonyl (C=O) groups excluding carboxylic acids is 1. The Labute approximate surface area is 116 Å². The standard InChI is InChI=1S/C13H15F2NO3S/c1-9(17)10-3-2-6-16(8-10)20(18,19)13-5-4-11(14)7-12(13)15/h4-5,7,10H,2-3,6,8H2,1H3. The van der Waals surface area contributed by atoms with Crippen LogP contribution in [-0.4, -0.2) is 31.6 Å². The van der Waals surface area contributed by atoms with Crippen LogP contribution in [0.4, 0.5) is 8.78 Å². The van der Waals surface area contributed by atoms with Gasteiger partial charge in [-0.15, -0.1) is 0 Å². The molecule has 1 aliphatic rings. The summed E-state index contributed by atoms with van der Waals surface area (Å²) < 4.78 is 52.3. The van der Waals surface area contributed by atoms with Crippen LogP contribution in [0.3, 0.4) is 0 Å². The number of hydrogen-bond acceptors (Lipinski definition) is 3. The van der Waals surface area contributed by atoms with E-state index in [0.717, 1.165) is 16.4 Å². The van der Waals surface area contributed by atoms with Crippen LogP contribution < -0.4 is 0 Å². The Balaban J connectivity index is 2.32. The third-order valence-corrected chi connectivity index (χ3v) is 5.37. The Bertz CT molecular complexity index is 631. The molecule has 0 spiro atoms. The van der Waals surface area contributed by atoms with Crippen molar-refractivity contribution in [1.82, 2.24) is 4.31 Å². The van der Waals surface area contributed by atoms with Crippen molar-refractivity contribution in [3.8, 4) is 0 Å². The van der Waals surface area contributed by atoms with E-state index in [2.05, 4.69) is 0 Å². The lowest BCUT2D eigenvalue weighted by Gasteiger charge is -2.30. The second kappa shape index (κ2) is 5.57. The molecule has 20 heavy (non-hydrogen) atoms. The maximum Gasteiger partial charge on any atom is 0.246 e. The lowest BCUT2D eigenvalue weighted by molar-refractivity contribution is -0.121. The first-order chi connectivity index (χ1) is 9.32. The van der Waals surface area contributed by atoms with Gasteiger partial charge in [-0.2, -0.15) is 4.31 Å². The normalized spacial score (nSPS) is 20.9. The van der Waals surface area contributed by atoms with Gasteiger partial charge in [0.15, 0.2) is 0 Å². The van der Waals surface area contributed by atoms with Gasteiger partial charge < -0.3 is 0 Å². The van der Waals surface area contributed by atoms with Crippen LogP contribution in [0.15, 0.2) is 23.1 Å². The zero-order valence-electron chi connectivity index (χ0n) is 11.0. The Morgan fingerprint density at radius 1 is 1.35 bits per heavy atom. The van der Waals surface area contributed by atoms with E-state index < -0.39 is 26.6 Å². The molecule has 0 saturated carbocycles. The molecule has 4 nitrogen and oxygen atoms in total. The fourth-order valence-electron chi connectivity index (χ4n) is 2.32. The van der Waals surface area contributed by atoms with Gasteiger partial charge >= 0.3 is 0 Å². The highest BCUT2D eigenvalue weighted by atomic mass is 32.2. The number of ketones is 1. The van der Waals surface area contributed by atoms with Gasteiger partial charge in [0.25, 0.3) is 0 Å². The average Bonchev–Trinajstić information content (AvgIpc) is 2.38. The van der Waals surface area contributed by atoms with Crippen LogP contribution in [0.5, 0.6) is 0 Å². The predicted octanol–water partition coefficient (Wildman–Crippen LogP) is 1.95. The molecule has 1 aliphatic heterocycles. The van der Waals surface area contributed by atoms with Crippen molar-refractivity contribution in [3.05, 3.63) is 29.8 Å². The summed E-state index contributed by atoms with van der Waals surface area (Å²) in [5, 5.41) is 0. The number of nitrogens with zero attached hydrogens (tertiary/aromatic N) is 1. The summed E-state index contributed by atoms with van der Waals surface area (Å²) in [5.74, 6) is -2.39. The second-order valence-corrected chi connectivity index (χ2v) is 6.79. The highest BCUT2D eigenvalue weighted by Crippen LogP contribution is 2.26. The average molecular weight is 303 g/mol. The fraction of sp³-hybridized carbons (Fsp3) is 0.462. The van der Waals surface area contributed by atoms with E-state index in [4.69, 9.17) is 0 Å². The van der Waals surface area contributed by atoms with Gasteiger partial charge in [-0.05, 0) is 31.9 Å². The maximum atomic E-state index is 13.6. The number of rotatable bonds is 3. The van der Waals surface area contributed by atoms with Crippen LogP contribution in [0, 0.1) is 17.6 Å². The molecule has 1 unspecified atom stereocenters. The first kappa shape index (κ1) is 15.1. The first-order valence-corrected chi connectivity index (χ1v) is 7.72. The summed E-state index contributed by atoms with van der Waals surface area (Å²) >= 11 is 0. The molecule has 1 heterocycles. The zero-order chi connectivity index (χ0) is 14.9. The highest BCUT2D eigenvalue weighted by Gasteiger charge is 2.33. The van der Waals surface area contributed by atoms with Crippen LogP contribution in [0.2, 0.25) is 0 Å². The number of benzene rings is 1. The molecule has 0 amide bonds. The summed E-state index contributed by atoms with van der Waals surface area (Å²) in [6.07, 6.45) is 1.18. The van der Waals surface area contributed by atoms with Gasteiger partial charge in [0.2, 0.25) is 10.0 Å². The van der Waals surface area contributed by atoms with E-state index in [1.807, 2.05) is 0 Å². The fourth-order valence-corrected chi connectivity index (χ4v) is 3.89. The number of sulfonamides is 1. The van der Waals surface area contributed by atoms with E-state index in [1.54, 1.807) is 0 Å². The van der Waals surface area contributed by atoms with Crippen molar-refractivity contribution in [2.24, 2.45) is 5.92 Å². The van der Waals surface area contributed by atoms with Gasteiger partial charge in [-0.25, -0.2) is 17.2 Å². The largest absolute Gasteiger partial charge is 0.300 e. The number of carbonyl (C=O) groups is 1. The minimum absolute atomic E-state index is 0.0501. The molecule has 1 aromatic carbocycles. The molecule has 110 valence electrons. The molecule has 0 aliphatic carbocycles. The highest BCUT2D eigenvalue weighted by molar-refractivity contribution is 7.89. The summed E-state index contributed by atoms with van der Waals surface area (Å²) in [6, 6.07) is 2.36. The molecule has 0 radical (unpaired) electrons. The van der Waals surface area contributed by atoms with E-state index in [0.29, 0.717) is 18.9 Å². The monoisotopic (exact) mass is 303 g/mol. The molecule has 1 atom stereocenters. The Kier molecular flexibility index (Phi) is 4.19. The van der Waals surface area contributed by atoms with Gasteiger partial charge in [0.05, 0.1) is 0 Å². The Hall–Kier alpha value is -1.34. The topological polar surface area (TPSA) is 54.5 Å². The molecular weight excluding hydrogens is 288 g/mol. The van der Waals surface area contributed by atoms with Gasteiger partial charge in [0, 0.05) is 25.1 Å². The molecule has 1 saturated heterocycles. The molecule has 0 aromatic heterocycles. The van der Waals surface area contributed by atoms with Crippen molar-refractivity contribution >= 4 is 15.8 Å². The lowest BCUT2D eigenvalue weighted by Crippen LogP contribution is -2.42. The smallest absolute Gasteiger partial charge is 0.246 e. The van der Waals surface area contributed by atoms with Crippen LogP contribution in [-0.2, 0) is 14.8 Å². The van der Waals surface area contributed by atoms with Crippen LogP contribution >= 0.6 is 0 Å². The van der Waals surface area contributed by atoms with Crippen molar-refractivity contribution in [2.45, 2.75) is 24.7 Å². The van der Waals surface area contributed by atoms with Gasteiger partial charge in [-0.3, -0.25) is 4.79 Å². The molecular formula is C13H15F2NO3S. The maximum absolute atomic E-state index is 13.6. The lowest BCUT2D eigenvalue weighted by atomic mass is 9.96. The van der Waals surface area contributed by atoms with Crippen molar-refractivity contribution < 1.29 is 22.0 Å². The van der Waals surface area contributed by atoms with Gasteiger partial charge in [-0.1, -0.05) is 0 Å². The molecule has 7 heteroatoms. The minimum Gasteiger partial charge on any atom is -0.300 e. The second-order valence-electron chi connectivity index (χ2n) is 4.89. The molecule has 1 fully saturated rings. The summed E-state index contributed by atoms with van der Waals surface area (Å²) in [7, 11) is -4.04. The van der Waals surface area contributed by atoms with E-state index in [-0.39, 0.29) is 24.8 Å². The van der Waals surface area contributed by atoms with Gasteiger partial charge in [0.1, 0.15) is 22.3 Å². The third kappa shape index (κ3) is 2.88. The van der Waals surface area contributed by atoms with Crippen LogP contribution in [0.25, 0.3) is 0 Å². The van der Waals surface area contributed by atoms with Crippen molar-refractivity contribution in [2.75, 3.05) is 13.1 Å². The minimum atomic E-state index is -4.04. The number of hydrogen-bond donors (Lipinski definition) is 0. The number of piperidine rings is 1. The van der Waals surface area contributed by atoms with E-state index >= 15 is 0 Å².